The Kier molecular flexibility index (Phi) is 4.73. The van der Waals surface area contributed by atoms with Crippen molar-refractivity contribution >= 4 is 45.6 Å². The fraction of sp³-hybridized carbons (Fsp3) is 0. The van der Waals surface area contributed by atoms with E-state index < -0.39 is 5.91 Å². The molecule has 27 heavy (non-hydrogen) atoms. The number of nitrogens with zero attached hydrogens (tertiary/aromatic N) is 3. The lowest BCUT2D eigenvalue weighted by atomic mass is 10.2. The number of aromatic nitrogens is 3. The van der Waals surface area contributed by atoms with Crippen molar-refractivity contribution in [3.63, 3.8) is 0 Å². The van der Waals surface area contributed by atoms with Crippen LogP contribution in [-0.2, 0) is 0 Å². The summed E-state index contributed by atoms with van der Waals surface area (Å²) < 4.78 is 5.14. The molecule has 0 fully saturated rings. The molecular weight excluding hydrogens is 386 g/mol. The largest absolute Gasteiger partial charge is 0.431 e. The Morgan fingerprint density at radius 2 is 1.96 bits per heavy atom. The minimum Gasteiger partial charge on any atom is -0.431 e. The second-order valence-electron chi connectivity index (χ2n) is 5.20. The van der Waals surface area contributed by atoms with Crippen LogP contribution in [-0.4, -0.2) is 26.8 Å². The Morgan fingerprint density at radius 3 is 2.74 bits per heavy atom. The maximum Gasteiger partial charge on any atom is 0.302 e. The Morgan fingerprint density at radius 1 is 1.04 bits per heavy atom. The summed E-state index contributed by atoms with van der Waals surface area (Å²) in [7, 11) is 0. The topological polar surface area (TPSA) is 110 Å². The SMILES string of the molecule is O=C(Nc1nc(-c2cccnc2)cs1)c1coc(NC(=O)c2cccs2)n1. The standard InChI is InChI=1S/C17H11N5O3S2/c23-14(22-17-20-12(9-27-17)10-3-1-5-18-7-10)11-8-25-16(19-11)21-15(24)13-4-2-6-26-13/h1-9H,(H,19,21,24)(H,20,22,23). The van der Waals surface area contributed by atoms with Crippen LogP contribution in [0.15, 0.2) is 58.1 Å². The van der Waals surface area contributed by atoms with Crippen molar-refractivity contribution in [1.29, 1.82) is 0 Å². The Labute approximate surface area is 160 Å². The van der Waals surface area contributed by atoms with Gasteiger partial charge in [0.25, 0.3) is 11.8 Å². The summed E-state index contributed by atoms with van der Waals surface area (Å²) in [6.45, 7) is 0. The molecule has 10 heteroatoms. The molecule has 0 aliphatic carbocycles. The van der Waals surface area contributed by atoms with E-state index in [-0.39, 0.29) is 17.6 Å². The van der Waals surface area contributed by atoms with Gasteiger partial charge in [-0.3, -0.25) is 25.2 Å². The highest BCUT2D eigenvalue weighted by molar-refractivity contribution is 7.14. The van der Waals surface area contributed by atoms with Gasteiger partial charge < -0.3 is 4.42 Å². The number of oxazole rings is 1. The smallest absolute Gasteiger partial charge is 0.302 e. The van der Waals surface area contributed by atoms with Gasteiger partial charge in [0.05, 0.1) is 10.6 Å². The highest BCUT2D eigenvalue weighted by atomic mass is 32.1. The van der Waals surface area contributed by atoms with E-state index in [1.165, 1.54) is 28.9 Å². The average molecular weight is 397 g/mol. The molecule has 4 rings (SSSR count). The average Bonchev–Trinajstić information content (AvgIpc) is 3.44. The summed E-state index contributed by atoms with van der Waals surface area (Å²) in [5.41, 5.74) is 1.61. The van der Waals surface area contributed by atoms with Crippen molar-refractivity contribution in [2.45, 2.75) is 0 Å². The summed E-state index contributed by atoms with van der Waals surface area (Å²) >= 11 is 2.58. The fourth-order valence-corrected chi connectivity index (χ4v) is 3.47. The molecule has 8 nitrogen and oxygen atoms in total. The van der Waals surface area contributed by atoms with E-state index in [4.69, 9.17) is 4.42 Å². The van der Waals surface area contributed by atoms with E-state index in [0.29, 0.717) is 15.7 Å². The van der Waals surface area contributed by atoms with Gasteiger partial charge in [0.1, 0.15) is 6.26 Å². The lowest BCUT2D eigenvalue weighted by Gasteiger charge is -1.98. The van der Waals surface area contributed by atoms with Gasteiger partial charge in [-0.1, -0.05) is 6.07 Å². The van der Waals surface area contributed by atoms with E-state index in [0.717, 1.165) is 5.56 Å². The summed E-state index contributed by atoms with van der Waals surface area (Å²) in [4.78, 5) is 37.2. The molecular formula is C17H11N5O3S2. The van der Waals surface area contributed by atoms with Crippen molar-refractivity contribution in [3.8, 4) is 11.3 Å². The van der Waals surface area contributed by atoms with Crippen molar-refractivity contribution in [3.05, 3.63) is 64.3 Å². The van der Waals surface area contributed by atoms with Crippen LogP contribution in [0.25, 0.3) is 11.3 Å². The maximum atomic E-state index is 12.3. The highest BCUT2D eigenvalue weighted by Crippen LogP contribution is 2.24. The van der Waals surface area contributed by atoms with Gasteiger partial charge in [0, 0.05) is 23.3 Å². The van der Waals surface area contributed by atoms with Crippen molar-refractivity contribution in [1.82, 2.24) is 15.0 Å². The number of hydrogen-bond donors (Lipinski definition) is 2. The molecule has 2 N–H and O–H groups in total. The molecule has 0 bridgehead atoms. The number of carbonyl (C=O) groups is 2. The summed E-state index contributed by atoms with van der Waals surface area (Å²) in [6.07, 6.45) is 4.55. The zero-order chi connectivity index (χ0) is 18.6. The van der Waals surface area contributed by atoms with E-state index in [1.54, 1.807) is 29.9 Å². The number of rotatable bonds is 5. The molecule has 0 atom stereocenters. The Bertz CT molecular complexity index is 1070. The summed E-state index contributed by atoms with van der Waals surface area (Å²) in [6, 6.07) is 7.09. The number of thiazole rings is 1. The van der Waals surface area contributed by atoms with Crippen LogP contribution in [0.5, 0.6) is 0 Å². The first-order chi connectivity index (χ1) is 13.2. The number of nitrogens with one attached hydrogen (secondary N) is 2. The first-order valence-corrected chi connectivity index (χ1v) is 9.42. The molecule has 4 aromatic rings. The third-order valence-corrected chi connectivity index (χ3v) is 5.01. The second kappa shape index (κ2) is 7.48. The molecule has 134 valence electrons. The van der Waals surface area contributed by atoms with Crippen LogP contribution in [0, 0.1) is 0 Å². The van der Waals surface area contributed by atoms with E-state index in [9.17, 15) is 9.59 Å². The summed E-state index contributed by atoms with van der Waals surface area (Å²) in [5.74, 6) is -0.831. The Balaban J connectivity index is 1.41. The van der Waals surface area contributed by atoms with Gasteiger partial charge in [-0.05, 0) is 23.6 Å². The zero-order valence-electron chi connectivity index (χ0n) is 13.6. The quantitative estimate of drug-likeness (QED) is 0.531. The molecule has 4 aromatic heterocycles. The number of pyridine rings is 1. The minimum absolute atomic E-state index is 0.0367. The number of thiophene rings is 1. The highest BCUT2D eigenvalue weighted by Gasteiger charge is 2.16. The van der Waals surface area contributed by atoms with Crippen LogP contribution in [0.4, 0.5) is 11.1 Å². The van der Waals surface area contributed by atoms with Gasteiger partial charge in [0.15, 0.2) is 10.8 Å². The van der Waals surface area contributed by atoms with Crippen molar-refractivity contribution in [2.24, 2.45) is 0 Å². The maximum absolute atomic E-state index is 12.3. The third-order valence-electron chi connectivity index (χ3n) is 3.38. The van der Waals surface area contributed by atoms with Crippen LogP contribution in [0.3, 0.4) is 0 Å². The lowest BCUT2D eigenvalue weighted by molar-refractivity contribution is 0.101. The number of carbonyl (C=O) groups excluding carboxylic acids is 2. The minimum atomic E-state index is -0.484. The second-order valence-corrected chi connectivity index (χ2v) is 7.01. The molecule has 0 aliphatic rings. The molecule has 2 amide bonds. The first kappa shape index (κ1) is 17.1. The lowest BCUT2D eigenvalue weighted by Crippen LogP contribution is -2.13. The van der Waals surface area contributed by atoms with Gasteiger partial charge in [0.2, 0.25) is 0 Å². The molecule has 0 radical (unpaired) electrons. The monoisotopic (exact) mass is 397 g/mol. The van der Waals surface area contributed by atoms with Gasteiger partial charge in [-0.2, -0.15) is 4.98 Å². The molecule has 0 saturated heterocycles. The first-order valence-electron chi connectivity index (χ1n) is 7.67. The molecule has 0 spiro atoms. The zero-order valence-corrected chi connectivity index (χ0v) is 15.2. The number of hydrogen-bond acceptors (Lipinski definition) is 8. The van der Waals surface area contributed by atoms with Crippen LogP contribution in [0.1, 0.15) is 20.2 Å². The van der Waals surface area contributed by atoms with Gasteiger partial charge in [-0.25, -0.2) is 4.98 Å². The van der Waals surface area contributed by atoms with E-state index in [2.05, 4.69) is 25.6 Å². The van der Waals surface area contributed by atoms with Crippen LogP contribution < -0.4 is 10.6 Å². The van der Waals surface area contributed by atoms with Gasteiger partial charge >= 0.3 is 6.01 Å². The Hall–Kier alpha value is -3.37. The fourth-order valence-electron chi connectivity index (χ4n) is 2.14. The van der Waals surface area contributed by atoms with E-state index >= 15 is 0 Å². The third kappa shape index (κ3) is 3.91. The van der Waals surface area contributed by atoms with E-state index in [1.807, 2.05) is 17.5 Å². The molecule has 0 unspecified atom stereocenters. The normalized spacial score (nSPS) is 10.5. The predicted octanol–water partition coefficient (Wildman–Crippen LogP) is 3.76. The van der Waals surface area contributed by atoms with Gasteiger partial charge in [-0.15, -0.1) is 22.7 Å². The molecule has 0 saturated carbocycles. The van der Waals surface area contributed by atoms with Crippen LogP contribution >= 0.6 is 22.7 Å². The summed E-state index contributed by atoms with van der Waals surface area (Å²) in [5, 5.41) is 9.19. The predicted molar refractivity (Wildman–Crippen MR) is 102 cm³/mol. The number of amides is 2. The van der Waals surface area contributed by atoms with Crippen LogP contribution in [0.2, 0.25) is 0 Å². The van der Waals surface area contributed by atoms with Crippen molar-refractivity contribution in [2.75, 3.05) is 10.6 Å². The molecule has 0 aliphatic heterocycles. The van der Waals surface area contributed by atoms with Crippen molar-refractivity contribution < 1.29 is 14.0 Å². The molecule has 4 heterocycles. The number of anilines is 2. The molecule has 0 aromatic carbocycles.